The number of carbonyl (C=O) groups excluding carboxylic acids is 1. The molecule has 1 heterocycles. The largest absolute Gasteiger partial charge is 0.373 e. The Hall–Kier alpha value is -1.85. The van der Waals surface area contributed by atoms with Crippen molar-refractivity contribution in [3.8, 4) is 0 Å². The number of amides is 1. The third-order valence-corrected chi connectivity index (χ3v) is 2.97. The van der Waals surface area contributed by atoms with Gasteiger partial charge in [-0.3, -0.25) is 4.79 Å². The standard InChI is InChI=1S/C13H10Cl2FN3O/c1-17-12-5-7(4-11(15)19-12)13(20)18-8-2-3-10(16)9(14)6-8/h2-6H,1H3,(H,17,19)(H,18,20). The number of hydrogen-bond acceptors (Lipinski definition) is 3. The second-order valence-corrected chi connectivity index (χ2v) is 4.69. The summed E-state index contributed by atoms with van der Waals surface area (Å²) in [7, 11) is 1.67. The normalized spacial score (nSPS) is 10.2. The lowest BCUT2D eigenvalue weighted by Crippen LogP contribution is -2.12. The minimum absolute atomic E-state index is 0.0634. The summed E-state index contributed by atoms with van der Waals surface area (Å²) in [5.41, 5.74) is 0.718. The molecule has 20 heavy (non-hydrogen) atoms. The zero-order valence-electron chi connectivity index (χ0n) is 10.4. The maximum Gasteiger partial charge on any atom is 0.255 e. The van der Waals surface area contributed by atoms with E-state index in [1.165, 1.54) is 24.3 Å². The van der Waals surface area contributed by atoms with Crippen LogP contribution in [0.2, 0.25) is 10.2 Å². The number of aromatic nitrogens is 1. The molecule has 7 heteroatoms. The van der Waals surface area contributed by atoms with Crippen LogP contribution >= 0.6 is 23.2 Å². The third kappa shape index (κ3) is 3.37. The number of pyridine rings is 1. The van der Waals surface area contributed by atoms with Crippen LogP contribution in [0.4, 0.5) is 15.9 Å². The first-order valence-electron chi connectivity index (χ1n) is 5.61. The van der Waals surface area contributed by atoms with Gasteiger partial charge in [0.1, 0.15) is 16.8 Å². The maximum atomic E-state index is 13.0. The summed E-state index contributed by atoms with van der Waals surface area (Å²) >= 11 is 11.5. The van der Waals surface area contributed by atoms with Crippen LogP contribution in [0.3, 0.4) is 0 Å². The minimum Gasteiger partial charge on any atom is -0.373 e. The van der Waals surface area contributed by atoms with Gasteiger partial charge in [0.2, 0.25) is 0 Å². The first kappa shape index (κ1) is 14.6. The predicted octanol–water partition coefficient (Wildman–Crippen LogP) is 3.82. The monoisotopic (exact) mass is 313 g/mol. The molecule has 2 aromatic rings. The van der Waals surface area contributed by atoms with Crippen molar-refractivity contribution in [3.05, 3.63) is 51.9 Å². The van der Waals surface area contributed by atoms with Gasteiger partial charge in [-0.25, -0.2) is 9.37 Å². The molecule has 104 valence electrons. The van der Waals surface area contributed by atoms with Crippen LogP contribution < -0.4 is 10.6 Å². The highest BCUT2D eigenvalue weighted by Crippen LogP contribution is 2.21. The Kier molecular flexibility index (Phi) is 4.42. The number of halogens is 3. The molecule has 0 spiro atoms. The number of carbonyl (C=O) groups is 1. The van der Waals surface area contributed by atoms with Gasteiger partial charge in [0.25, 0.3) is 5.91 Å². The van der Waals surface area contributed by atoms with Gasteiger partial charge in [0, 0.05) is 18.3 Å². The van der Waals surface area contributed by atoms with Crippen LogP contribution in [0.5, 0.6) is 0 Å². The van der Waals surface area contributed by atoms with Gasteiger partial charge >= 0.3 is 0 Å². The summed E-state index contributed by atoms with van der Waals surface area (Å²) in [6.45, 7) is 0. The number of hydrogen-bond donors (Lipinski definition) is 2. The third-order valence-electron chi connectivity index (χ3n) is 2.49. The zero-order chi connectivity index (χ0) is 14.7. The van der Waals surface area contributed by atoms with E-state index in [0.717, 1.165) is 0 Å². The summed E-state index contributed by atoms with van der Waals surface area (Å²) in [6.07, 6.45) is 0. The van der Waals surface area contributed by atoms with E-state index in [2.05, 4.69) is 15.6 Å². The first-order valence-corrected chi connectivity index (χ1v) is 6.37. The van der Waals surface area contributed by atoms with Crippen LogP contribution in [0.15, 0.2) is 30.3 Å². The van der Waals surface area contributed by atoms with Gasteiger partial charge < -0.3 is 10.6 Å². The van der Waals surface area contributed by atoms with Crippen LogP contribution in [0.1, 0.15) is 10.4 Å². The number of rotatable bonds is 3. The van der Waals surface area contributed by atoms with Crippen molar-refractivity contribution in [1.29, 1.82) is 0 Å². The number of anilines is 2. The Labute approximate surface area is 124 Å². The van der Waals surface area contributed by atoms with Crippen molar-refractivity contribution in [2.75, 3.05) is 17.7 Å². The fourth-order valence-corrected chi connectivity index (χ4v) is 1.92. The fraction of sp³-hybridized carbons (Fsp3) is 0.0769. The summed E-state index contributed by atoms with van der Waals surface area (Å²) in [4.78, 5) is 16.0. The van der Waals surface area contributed by atoms with Gasteiger partial charge in [0.05, 0.1) is 5.02 Å². The molecule has 1 amide bonds. The Bertz CT molecular complexity index is 664. The highest BCUT2D eigenvalue weighted by molar-refractivity contribution is 6.31. The van der Waals surface area contributed by atoms with Crippen molar-refractivity contribution < 1.29 is 9.18 Å². The number of benzene rings is 1. The molecule has 1 aromatic carbocycles. The molecule has 0 fully saturated rings. The van der Waals surface area contributed by atoms with Crippen molar-refractivity contribution in [2.45, 2.75) is 0 Å². The molecule has 4 nitrogen and oxygen atoms in total. The van der Waals surface area contributed by atoms with E-state index < -0.39 is 11.7 Å². The van der Waals surface area contributed by atoms with Crippen LogP contribution in [0.25, 0.3) is 0 Å². The van der Waals surface area contributed by atoms with E-state index in [9.17, 15) is 9.18 Å². The van der Waals surface area contributed by atoms with Crippen molar-refractivity contribution >= 4 is 40.6 Å². The van der Waals surface area contributed by atoms with E-state index in [0.29, 0.717) is 17.1 Å². The number of nitrogens with zero attached hydrogens (tertiary/aromatic N) is 1. The molecule has 0 radical (unpaired) electrons. The van der Waals surface area contributed by atoms with Gasteiger partial charge in [-0.15, -0.1) is 0 Å². The zero-order valence-corrected chi connectivity index (χ0v) is 11.9. The Morgan fingerprint density at radius 3 is 2.65 bits per heavy atom. The molecule has 2 rings (SSSR count). The summed E-state index contributed by atoms with van der Waals surface area (Å²) in [6, 6.07) is 6.91. The molecule has 0 unspecified atom stereocenters. The van der Waals surface area contributed by atoms with Crippen LogP contribution in [-0.2, 0) is 0 Å². The van der Waals surface area contributed by atoms with E-state index in [4.69, 9.17) is 23.2 Å². The Morgan fingerprint density at radius 1 is 1.25 bits per heavy atom. The van der Waals surface area contributed by atoms with Crippen molar-refractivity contribution in [1.82, 2.24) is 4.98 Å². The van der Waals surface area contributed by atoms with Gasteiger partial charge in [-0.1, -0.05) is 23.2 Å². The Balaban J connectivity index is 2.23. The summed E-state index contributed by atoms with van der Waals surface area (Å²) in [5.74, 6) is -0.470. The van der Waals surface area contributed by atoms with Gasteiger partial charge in [0.15, 0.2) is 0 Å². The quantitative estimate of drug-likeness (QED) is 0.847. The molecule has 0 saturated carbocycles. The second-order valence-electron chi connectivity index (χ2n) is 3.90. The van der Waals surface area contributed by atoms with E-state index in [1.807, 2.05) is 0 Å². The molecule has 0 aliphatic heterocycles. The number of nitrogens with one attached hydrogen (secondary N) is 2. The van der Waals surface area contributed by atoms with Crippen molar-refractivity contribution in [2.24, 2.45) is 0 Å². The molecule has 0 saturated heterocycles. The smallest absolute Gasteiger partial charge is 0.255 e. The van der Waals surface area contributed by atoms with Gasteiger partial charge in [-0.05, 0) is 30.3 Å². The summed E-state index contributed by atoms with van der Waals surface area (Å²) in [5, 5.41) is 5.53. The lowest BCUT2D eigenvalue weighted by Gasteiger charge is -2.08. The Morgan fingerprint density at radius 2 is 2.00 bits per heavy atom. The fourth-order valence-electron chi connectivity index (χ4n) is 1.53. The van der Waals surface area contributed by atoms with Crippen LogP contribution in [-0.4, -0.2) is 17.9 Å². The van der Waals surface area contributed by atoms with E-state index in [-0.39, 0.29) is 10.2 Å². The lowest BCUT2D eigenvalue weighted by atomic mass is 10.2. The summed E-state index contributed by atoms with van der Waals surface area (Å²) < 4.78 is 13.0. The topological polar surface area (TPSA) is 54.0 Å². The lowest BCUT2D eigenvalue weighted by molar-refractivity contribution is 0.102. The molecular weight excluding hydrogens is 304 g/mol. The van der Waals surface area contributed by atoms with Crippen molar-refractivity contribution in [3.63, 3.8) is 0 Å². The second kappa shape index (κ2) is 6.07. The molecule has 0 aliphatic rings. The molecule has 2 N–H and O–H groups in total. The predicted molar refractivity (Wildman–Crippen MR) is 78.2 cm³/mol. The maximum absolute atomic E-state index is 13.0. The molecule has 0 atom stereocenters. The average Bonchev–Trinajstić information content (AvgIpc) is 2.42. The van der Waals surface area contributed by atoms with Crippen LogP contribution in [0, 0.1) is 5.82 Å². The van der Waals surface area contributed by atoms with E-state index in [1.54, 1.807) is 13.1 Å². The average molecular weight is 314 g/mol. The first-order chi connectivity index (χ1) is 9.49. The highest BCUT2D eigenvalue weighted by atomic mass is 35.5. The molecule has 0 aliphatic carbocycles. The molecule has 0 bridgehead atoms. The molecular formula is C13H10Cl2FN3O. The van der Waals surface area contributed by atoms with Gasteiger partial charge in [-0.2, -0.15) is 0 Å². The van der Waals surface area contributed by atoms with E-state index >= 15 is 0 Å². The SMILES string of the molecule is CNc1cc(C(=O)Nc2ccc(F)c(Cl)c2)cc(Cl)n1. The minimum atomic E-state index is -0.547. The highest BCUT2D eigenvalue weighted by Gasteiger charge is 2.10. The molecule has 1 aromatic heterocycles.